The molecule has 0 bridgehead atoms. The SMILES string of the molecule is CNCc1cc(C)ccc1OCCCN1CCCC1. The van der Waals surface area contributed by atoms with Crippen LogP contribution in [-0.4, -0.2) is 38.2 Å². The maximum Gasteiger partial charge on any atom is 0.123 e. The Balaban J connectivity index is 1.77. The number of ether oxygens (including phenoxy) is 1. The monoisotopic (exact) mass is 262 g/mol. The molecule has 0 amide bonds. The summed E-state index contributed by atoms with van der Waals surface area (Å²) in [7, 11) is 1.97. The molecule has 0 saturated carbocycles. The van der Waals surface area contributed by atoms with Crippen molar-refractivity contribution in [3.05, 3.63) is 29.3 Å². The zero-order valence-corrected chi connectivity index (χ0v) is 12.2. The predicted molar refractivity (Wildman–Crippen MR) is 79.7 cm³/mol. The van der Waals surface area contributed by atoms with Gasteiger partial charge in [0.15, 0.2) is 0 Å². The molecule has 0 atom stereocenters. The Morgan fingerprint density at radius 3 is 2.79 bits per heavy atom. The van der Waals surface area contributed by atoms with Gasteiger partial charge in [0.05, 0.1) is 6.61 Å². The molecule has 0 aromatic heterocycles. The van der Waals surface area contributed by atoms with E-state index in [1.54, 1.807) is 0 Å². The van der Waals surface area contributed by atoms with Gasteiger partial charge in [0.1, 0.15) is 5.75 Å². The zero-order valence-electron chi connectivity index (χ0n) is 12.2. The molecule has 1 N–H and O–H groups in total. The van der Waals surface area contributed by atoms with Crippen LogP contribution >= 0.6 is 0 Å². The van der Waals surface area contributed by atoms with Crippen LogP contribution in [0.15, 0.2) is 18.2 Å². The lowest BCUT2D eigenvalue weighted by atomic mass is 10.1. The summed E-state index contributed by atoms with van der Waals surface area (Å²) in [5.74, 6) is 1.03. The van der Waals surface area contributed by atoms with Crippen LogP contribution < -0.4 is 10.1 Å². The molecule has 1 aliphatic rings. The van der Waals surface area contributed by atoms with E-state index < -0.39 is 0 Å². The second kappa shape index (κ2) is 7.51. The molecule has 3 nitrogen and oxygen atoms in total. The van der Waals surface area contributed by atoms with E-state index in [2.05, 4.69) is 35.3 Å². The number of hydrogen-bond donors (Lipinski definition) is 1. The molecule has 1 saturated heterocycles. The molecule has 1 aromatic carbocycles. The molecule has 0 unspecified atom stereocenters. The summed E-state index contributed by atoms with van der Waals surface area (Å²) in [5, 5.41) is 3.20. The highest BCUT2D eigenvalue weighted by molar-refractivity contribution is 5.36. The second-order valence-electron chi connectivity index (χ2n) is 5.39. The molecule has 1 heterocycles. The van der Waals surface area contributed by atoms with Gasteiger partial charge in [0.2, 0.25) is 0 Å². The van der Waals surface area contributed by atoms with Crippen LogP contribution in [0, 0.1) is 6.92 Å². The second-order valence-corrected chi connectivity index (χ2v) is 5.39. The molecule has 3 heteroatoms. The van der Waals surface area contributed by atoms with Gasteiger partial charge in [-0.25, -0.2) is 0 Å². The highest BCUT2D eigenvalue weighted by Gasteiger charge is 2.10. The van der Waals surface area contributed by atoms with Crippen molar-refractivity contribution in [2.45, 2.75) is 32.7 Å². The first-order chi connectivity index (χ1) is 9.29. The summed E-state index contributed by atoms with van der Waals surface area (Å²) in [6.45, 7) is 7.52. The number of nitrogens with one attached hydrogen (secondary N) is 1. The highest BCUT2D eigenvalue weighted by atomic mass is 16.5. The van der Waals surface area contributed by atoms with Crippen LogP contribution in [-0.2, 0) is 6.54 Å². The molecular weight excluding hydrogens is 236 g/mol. The first kappa shape index (κ1) is 14.4. The van der Waals surface area contributed by atoms with Gasteiger partial charge in [-0.05, 0) is 52.4 Å². The van der Waals surface area contributed by atoms with E-state index in [1.807, 2.05) is 7.05 Å². The number of aryl methyl sites for hydroxylation is 1. The zero-order chi connectivity index (χ0) is 13.5. The molecule has 0 spiro atoms. The predicted octanol–water partition coefficient (Wildman–Crippen LogP) is 2.58. The normalized spacial score (nSPS) is 15.9. The Morgan fingerprint density at radius 2 is 2.05 bits per heavy atom. The maximum absolute atomic E-state index is 5.94. The van der Waals surface area contributed by atoms with Crippen molar-refractivity contribution in [2.75, 3.05) is 33.3 Å². The number of nitrogens with zero attached hydrogens (tertiary/aromatic N) is 1. The fourth-order valence-electron chi connectivity index (χ4n) is 2.65. The van der Waals surface area contributed by atoms with Gasteiger partial charge in [-0.2, -0.15) is 0 Å². The van der Waals surface area contributed by atoms with Gasteiger partial charge in [0.25, 0.3) is 0 Å². The van der Waals surface area contributed by atoms with E-state index >= 15 is 0 Å². The lowest BCUT2D eigenvalue weighted by molar-refractivity contribution is 0.261. The lowest BCUT2D eigenvalue weighted by Crippen LogP contribution is -2.22. The summed E-state index contributed by atoms with van der Waals surface area (Å²) in [4.78, 5) is 2.53. The quantitative estimate of drug-likeness (QED) is 0.764. The Morgan fingerprint density at radius 1 is 1.26 bits per heavy atom. The van der Waals surface area contributed by atoms with E-state index in [0.717, 1.165) is 25.3 Å². The van der Waals surface area contributed by atoms with E-state index in [9.17, 15) is 0 Å². The Bertz CT molecular complexity index is 386. The van der Waals surface area contributed by atoms with Crippen LogP contribution in [0.3, 0.4) is 0 Å². The summed E-state index contributed by atoms with van der Waals surface area (Å²) < 4.78 is 5.94. The number of likely N-dealkylation sites (tertiary alicyclic amines) is 1. The molecular formula is C16H26N2O. The molecule has 1 aromatic rings. The van der Waals surface area contributed by atoms with Gasteiger partial charge in [-0.15, -0.1) is 0 Å². The van der Waals surface area contributed by atoms with Gasteiger partial charge in [0, 0.05) is 18.7 Å². The average molecular weight is 262 g/mol. The smallest absolute Gasteiger partial charge is 0.123 e. The molecule has 19 heavy (non-hydrogen) atoms. The van der Waals surface area contributed by atoms with Gasteiger partial charge in [-0.3, -0.25) is 0 Å². The third kappa shape index (κ3) is 4.51. The van der Waals surface area contributed by atoms with Crippen molar-refractivity contribution in [1.29, 1.82) is 0 Å². The van der Waals surface area contributed by atoms with Crippen molar-refractivity contribution in [3.63, 3.8) is 0 Å². The Kier molecular flexibility index (Phi) is 5.67. The number of hydrogen-bond acceptors (Lipinski definition) is 3. The maximum atomic E-state index is 5.94. The molecule has 0 aliphatic carbocycles. The first-order valence-electron chi connectivity index (χ1n) is 7.39. The highest BCUT2D eigenvalue weighted by Crippen LogP contribution is 2.20. The number of rotatable bonds is 7. The summed E-state index contributed by atoms with van der Waals surface area (Å²) in [5.41, 5.74) is 2.54. The molecule has 2 rings (SSSR count). The minimum absolute atomic E-state index is 0.816. The fraction of sp³-hybridized carbons (Fsp3) is 0.625. The molecule has 1 aliphatic heterocycles. The van der Waals surface area contributed by atoms with Gasteiger partial charge >= 0.3 is 0 Å². The molecule has 1 fully saturated rings. The van der Waals surface area contributed by atoms with E-state index in [0.29, 0.717) is 0 Å². The Hall–Kier alpha value is -1.06. The van der Waals surface area contributed by atoms with E-state index in [4.69, 9.17) is 4.74 Å². The van der Waals surface area contributed by atoms with Crippen LogP contribution in [0.4, 0.5) is 0 Å². The molecule has 0 radical (unpaired) electrons. The van der Waals surface area contributed by atoms with Crippen molar-refractivity contribution in [1.82, 2.24) is 10.2 Å². The number of benzene rings is 1. The first-order valence-corrected chi connectivity index (χ1v) is 7.39. The van der Waals surface area contributed by atoms with Crippen molar-refractivity contribution >= 4 is 0 Å². The van der Waals surface area contributed by atoms with Crippen LogP contribution in [0.1, 0.15) is 30.4 Å². The van der Waals surface area contributed by atoms with E-state index in [1.165, 1.54) is 43.6 Å². The van der Waals surface area contributed by atoms with Gasteiger partial charge in [-0.1, -0.05) is 17.7 Å². The minimum Gasteiger partial charge on any atom is -0.493 e. The van der Waals surface area contributed by atoms with Crippen LogP contribution in [0.2, 0.25) is 0 Å². The topological polar surface area (TPSA) is 24.5 Å². The standard InChI is InChI=1S/C16H26N2O/c1-14-6-7-16(15(12-14)13-17-2)19-11-5-10-18-8-3-4-9-18/h6-7,12,17H,3-5,8-11,13H2,1-2H3. The van der Waals surface area contributed by atoms with E-state index in [-0.39, 0.29) is 0 Å². The summed E-state index contributed by atoms with van der Waals surface area (Å²) in [6, 6.07) is 6.42. The Labute approximate surface area is 116 Å². The third-order valence-corrected chi connectivity index (χ3v) is 3.66. The van der Waals surface area contributed by atoms with Crippen molar-refractivity contribution < 1.29 is 4.74 Å². The average Bonchev–Trinajstić information content (AvgIpc) is 2.90. The fourth-order valence-corrected chi connectivity index (χ4v) is 2.65. The molecule has 106 valence electrons. The largest absolute Gasteiger partial charge is 0.493 e. The summed E-state index contributed by atoms with van der Waals surface area (Å²) in [6.07, 6.45) is 3.85. The lowest BCUT2D eigenvalue weighted by Gasteiger charge is -2.16. The van der Waals surface area contributed by atoms with Gasteiger partial charge < -0.3 is 15.0 Å². The van der Waals surface area contributed by atoms with Crippen molar-refractivity contribution in [2.24, 2.45) is 0 Å². The summed E-state index contributed by atoms with van der Waals surface area (Å²) >= 11 is 0. The van der Waals surface area contributed by atoms with Crippen LogP contribution in [0.25, 0.3) is 0 Å². The minimum atomic E-state index is 0.816. The van der Waals surface area contributed by atoms with Crippen molar-refractivity contribution in [3.8, 4) is 5.75 Å². The van der Waals surface area contributed by atoms with Crippen LogP contribution in [0.5, 0.6) is 5.75 Å². The third-order valence-electron chi connectivity index (χ3n) is 3.66.